The van der Waals surface area contributed by atoms with Crippen molar-refractivity contribution in [2.45, 2.75) is 13.8 Å². The second-order valence-electron chi connectivity index (χ2n) is 4.08. The van der Waals surface area contributed by atoms with Crippen molar-refractivity contribution < 1.29 is 0 Å². The molecule has 2 rings (SSSR count). The van der Waals surface area contributed by atoms with Crippen LogP contribution in [0.4, 0.5) is 5.82 Å². The van der Waals surface area contributed by atoms with Gasteiger partial charge in [0.1, 0.15) is 23.5 Å². The molecule has 5 nitrogen and oxygen atoms in total. The SMILES string of the molecule is Cc1cc2cc(C)c(C#N)c(=O)n2c(N)c1C#N. The first kappa shape index (κ1) is 11.7. The van der Waals surface area contributed by atoms with E-state index in [9.17, 15) is 4.79 Å². The minimum Gasteiger partial charge on any atom is -0.384 e. The zero-order valence-electron chi connectivity index (χ0n) is 9.98. The number of nitrogens with zero attached hydrogens (tertiary/aromatic N) is 3. The maximum atomic E-state index is 12.1. The summed E-state index contributed by atoms with van der Waals surface area (Å²) in [5.74, 6) is 0.0778. The van der Waals surface area contributed by atoms with Gasteiger partial charge in [-0.2, -0.15) is 10.5 Å². The van der Waals surface area contributed by atoms with Crippen molar-refractivity contribution in [1.29, 1.82) is 10.5 Å². The summed E-state index contributed by atoms with van der Waals surface area (Å²) in [6.45, 7) is 3.45. The number of fused-ring (bicyclic) bond motifs is 1. The van der Waals surface area contributed by atoms with Gasteiger partial charge in [-0.3, -0.25) is 9.20 Å². The van der Waals surface area contributed by atoms with E-state index >= 15 is 0 Å². The summed E-state index contributed by atoms with van der Waals surface area (Å²) in [5, 5.41) is 18.0. The van der Waals surface area contributed by atoms with E-state index in [0.717, 1.165) is 0 Å². The lowest BCUT2D eigenvalue weighted by Gasteiger charge is -2.10. The normalized spacial score (nSPS) is 10.0. The number of nitriles is 2. The molecule has 0 saturated carbocycles. The number of aryl methyl sites for hydroxylation is 2. The Morgan fingerprint density at radius 1 is 1.11 bits per heavy atom. The van der Waals surface area contributed by atoms with E-state index in [1.54, 1.807) is 26.0 Å². The summed E-state index contributed by atoms with van der Waals surface area (Å²) in [6.07, 6.45) is 0. The molecule has 0 unspecified atom stereocenters. The van der Waals surface area contributed by atoms with Crippen LogP contribution < -0.4 is 11.3 Å². The van der Waals surface area contributed by atoms with E-state index in [4.69, 9.17) is 16.3 Å². The number of nitrogen functional groups attached to an aromatic ring is 1. The zero-order chi connectivity index (χ0) is 13.4. The molecular formula is C13H10N4O. The molecule has 0 aliphatic rings. The van der Waals surface area contributed by atoms with Crippen molar-refractivity contribution in [3.05, 3.63) is 44.7 Å². The van der Waals surface area contributed by atoms with Crippen LogP contribution in [0.2, 0.25) is 0 Å². The third-order valence-corrected chi connectivity index (χ3v) is 2.91. The zero-order valence-corrected chi connectivity index (χ0v) is 9.98. The molecule has 0 spiro atoms. The maximum Gasteiger partial charge on any atom is 0.274 e. The summed E-state index contributed by atoms with van der Waals surface area (Å²) in [5.41, 5.74) is 7.56. The van der Waals surface area contributed by atoms with Gasteiger partial charge in [-0.1, -0.05) is 0 Å². The van der Waals surface area contributed by atoms with Gasteiger partial charge in [0.05, 0.1) is 11.1 Å². The smallest absolute Gasteiger partial charge is 0.274 e. The number of hydrogen-bond acceptors (Lipinski definition) is 4. The molecule has 2 aromatic heterocycles. The number of anilines is 1. The lowest BCUT2D eigenvalue weighted by atomic mass is 10.1. The first-order chi connectivity index (χ1) is 8.51. The Morgan fingerprint density at radius 3 is 2.11 bits per heavy atom. The van der Waals surface area contributed by atoms with Gasteiger partial charge in [0.2, 0.25) is 0 Å². The van der Waals surface area contributed by atoms with Gasteiger partial charge in [0.25, 0.3) is 5.56 Å². The predicted molar refractivity (Wildman–Crippen MR) is 67.0 cm³/mol. The number of nitrogens with two attached hydrogens (primary N) is 1. The average molecular weight is 238 g/mol. The van der Waals surface area contributed by atoms with Crippen LogP contribution in [-0.2, 0) is 0 Å². The summed E-state index contributed by atoms with van der Waals surface area (Å²) in [4.78, 5) is 12.1. The minimum absolute atomic E-state index is 0.0481. The fourth-order valence-electron chi connectivity index (χ4n) is 2.00. The van der Waals surface area contributed by atoms with Crippen LogP contribution in [0.3, 0.4) is 0 Å². The first-order valence-corrected chi connectivity index (χ1v) is 5.27. The Hall–Kier alpha value is -2.79. The van der Waals surface area contributed by atoms with Crippen molar-refractivity contribution in [1.82, 2.24) is 4.40 Å². The molecule has 0 aromatic carbocycles. The molecule has 0 amide bonds. The van der Waals surface area contributed by atoms with Crippen molar-refractivity contribution in [3.8, 4) is 12.1 Å². The summed E-state index contributed by atoms with van der Waals surface area (Å²) >= 11 is 0. The van der Waals surface area contributed by atoms with E-state index in [-0.39, 0.29) is 16.9 Å². The standard InChI is InChI=1S/C13H10N4O/c1-7-3-9-4-8(2)11(6-15)13(18)17(9)12(16)10(7)5-14/h3-4H,16H2,1-2H3. The van der Waals surface area contributed by atoms with Crippen LogP contribution in [0.15, 0.2) is 16.9 Å². The van der Waals surface area contributed by atoms with Crippen molar-refractivity contribution >= 4 is 11.3 Å². The molecule has 0 atom stereocenters. The highest BCUT2D eigenvalue weighted by molar-refractivity contribution is 5.65. The molecule has 0 saturated heterocycles. The summed E-state index contributed by atoms with van der Waals surface area (Å²) in [6, 6.07) is 7.26. The van der Waals surface area contributed by atoms with Crippen molar-refractivity contribution in [3.63, 3.8) is 0 Å². The fraction of sp³-hybridized carbons (Fsp3) is 0.154. The van der Waals surface area contributed by atoms with Gasteiger partial charge < -0.3 is 5.73 Å². The molecular weight excluding hydrogens is 228 g/mol. The lowest BCUT2D eigenvalue weighted by molar-refractivity contribution is 1.07. The Balaban J connectivity index is 3.13. The largest absolute Gasteiger partial charge is 0.384 e. The van der Waals surface area contributed by atoms with Crippen LogP contribution >= 0.6 is 0 Å². The topological polar surface area (TPSA) is 95.1 Å². The second-order valence-corrected chi connectivity index (χ2v) is 4.08. The third-order valence-electron chi connectivity index (χ3n) is 2.91. The van der Waals surface area contributed by atoms with Crippen LogP contribution in [0.1, 0.15) is 22.3 Å². The Morgan fingerprint density at radius 2 is 1.61 bits per heavy atom. The number of aromatic nitrogens is 1. The number of rotatable bonds is 0. The van der Waals surface area contributed by atoms with Crippen molar-refractivity contribution in [2.24, 2.45) is 0 Å². The van der Waals surface area contributed by atoms with Crippen molar-refractivity contribution in [2.75, 3.05) is 5.73 Å². The number of hydrogen-bond donors (Lipinski definition) is 1. The highest BCUT2D eigenvalue weighted by atomic mass is 16.1. The molecule has 5 heteroatoms. The maximum absolute atomic E-state index is 12.1. The fourth-order valence-corrected chi connectivity index (χ4v) is 2.00. The van der Waals surface area contributed by atoms with E-state index in [0.29, 0.717) is 16.6 Å². The molecule has 0 bridgehead atoms. The van der Waals surface area contributed by atoms with Crippen LogP contribution in [0.25, 0.3) is 5.52 Å². The highest BCUT2D eigenvalue weighted by Crippen LogP contribution is 2.19. The Kier molecular flexibility index (Phi) is 2.53. The minimum atomic E-state index is -0.485. The van der Waals surface area contributed by atoms with Gasteiger partial charge in [0, 0.05) is 0 Å². The van der Waals surface area contributed by atoms with E-state index in [2.05, 4.69) is 0 Å². The molecule has 18 heavy (non-hydrogen) atoms. The average Bonchev–Trinajstić information content (AvgIpc) is 2.28. The van der Waals surface area contributed by atoms with Gasteiger partial charge in [-0.15, -0.1) is 0 Å². The third kappa shape index (κ3) is 1.42. The second kappa shape index (κ2) is 3.90. The monoisotopic (exact) mass is 238 g/mol. The summed E-state index contributed by atoms with van der Waals surface area (Å²) in [7, 11) is 0. The van der Waals surface area contributed by atoms with E-state index < -0.39 is 5.56 Å². The van der Waals surface area contributed by atoms with Gasteiger partial charge in [-0.05, 0) is 37.1 Å². The first-order valence-electron chi connectivity index (χ1n) is 5.27. The highest BCUT2D eigenvalue weighted by Gasteiger charge is 2.13. The predicted octanol–water partition coefficient (Wildman–Crippen LogP) is 1.24. The Bertz CT molecular complexity index is 798. The molecule has 0 aliphatic carbocycles. The molecule has 0 fully saturated rings. The number of pyridine rings is 2. The van der Waals surface area contributed by atoms with Crippen LogP contribution in [0.5, 0.6) is 0 Å². The van der Waals surface area contributed by atoms with E-state index in [1.807, 2.05) is 12.1 Å². The molecule has 0 aliphatic heterocycles. The Labute approximate surface area is 103 Å². The molecule has 88 valence electrons. The van der Waals surface area contributed by atoms with Crippen LogP contribution in [0, 0.1) is 36.5 Å². The van der Waals surface area contributed by atoms with Gasteiger partial charge >= 0.3 is 0 Å². The van der Waals surface area contributed by atoms with Gasteiger partial charge in [0.15, 0.2) is 0 Å². The van der Waals surface area contributed by atoms with Crippen LogP contribution in [-0.4, -0.2) is 4.40 Å². The van der Waals surface area contributed by atoms with E-state index in [1.165, 1.54) is 4.40 Å². The summed E-state index contributed by atoms with van der Waals surface area (Å²) < 4.78 is 1.21. The van der Waals surface area contributed by atoms with Gasteiger partial charge in [-0.25, -0.2) is 0 Å². The molecule has 2 N–H and O–H groups in total. The molecule has 0 radical (unpaired) electrons. The lowest BCUT2D eigenvalue weighted by Crippen LogP contribution is -2.21. The quantitative estimate of drug-likeness (QED) is 0.746. The molecule has 2 heterocycles. The molecule has 2 aromatic rings.